The first-order valence-electron chi connectivity index (χ1n) is 6.54. The largest absolute Gasteiger partial charge is 0.481 e. The molecule has 10 nitrogen and oxygen atoms in total. The number of amides is 2. The van der Waals surface area contributed by atoms with E-state index in [9.17, 15) is 24.0 Å². The lowest BCUT2D eigenvalue weighted by Crippen LogP contribution is -2.53. The minimum absolute atomic E-state index is 0.0990. The Morgan fingerprint density at radius 2 is 1.70 bits per heavy atom. The minimum atomic E-state index is -1.26. The molecule has 11 heteroatoms. The summed E-state index contributed by atoms with van der Waals surface area (Å²) in [7, 11) is 0. The third-order valence-electron chi connectivity index (χ3n) is 2.51. The molecule has 0 heterocycles. The van der Waals surface area contributed by atoms with E-state index in [2.05, 4.69) is 10.6 Å². The molecule has 2 atom stereocenters. The average Bonchev–Trinajstić information content (AvgIpc) is 2.45. The maximum atomic E-state index is 11.8. The summed E-state index contributed by atoms with van der Waals surface area (Å²) in [6.45, 7) is 0.637. The van der Waals surface area contributed by atoms with Crippen molar-refractivity contribution in [1.82, 2.24) is 10.6 Å². The number of nitrogens with two attached hydrogens (primary N) is 1. The number of carbonyl (C=O) groups is 5. The van der Waals surface area contributed by atoms with E-state index in [1.807, 2.05) is 0 Å². The van der Waals surface area contributed by atoms with E-state index in [1.54, 1.807) is 0 Å². The van der Waals surface area contributed by atoms with Gasteiger partial charge in [-0.15, -0.1) is 0 Å². The van der Waals surface area contributed by atoms with Crippen molar-refractivity contribution in [2.45, 2.75) is 31.8 Å². The van der Waals surface area contributed by atoms with Gasteiger partial charge in [0, 0.05) is 19.1 Å². The second kappa shape index (κ2) is 10.6. The molecule has 0 aliphatic heterocycles. The number of hydrogen-bond donors (Lipinski definition) is 5. The molecule has 0 saturated heterocycles. The summed E-state index contributed by atoms with van der Waals surface area (Å²) in [5, 5.41) is 21.1. The fourth-order valence-electron chi connectivity index (χ4n) is 1.36. The number of thioether (sulfide) groups is 1. The second-order valence-corrected chi connectivity index (χ2v) is 5.71. The third-order valence-corrected chi connectivity index (χ3v) is 3.41. The maximum absolute atomic E-state index is 11.8. The monoisotopic (exact) mass is 349 g/mol. The van der Waals surface area contributed by atoms with Crippen molar-refractivity contribution in [3.8, 4) is 0 Å². The molecule has 0 rings (SSSR count). The number of nitrogens with one attached hydrogen (secondary N) is 2. The van der Waals surface area contributed by atoms with Crippen LogP contribution in [0.1, 0.15) is 19.8 Å². The van der Waals surface area contributed by atoms with Crippen LogP contribution in [0.4, 0.5) is 0 Å². The van der Waals surface area contributed by atoms with E-state index in [-0.39, 0.29) is 23.7 Å². The number of carbonyl (C=O) groups excluding carboxylic acids is 3. The average molecular weight is 349 g/mol. The van der Waals surface area contributed by atoms with Gasteiger partial charge in [-0.3, -0.25) is 24.0 Å². The van der Waals surface area contributed by atoms with Crippen LogP contribution in [-0.2, 0) is 24.0 Å². The van der Waals surface area contributed by atoms with Crippen molar-refractivity contribution in [3.05, 3.63) is 0 Å². The Morgan fingerprint density at radius 1 is 1.09 bits per heavy atom. The third kappa shape index (κ3) is 10.3. The number of rotatable bonds is 10. The van der Waals surface area contributed by atoms with Gasteiger partial charge in [-0.1, -0.05) is 11.8 Å². The van der Waals surface area contributed by atoms with Gasteiger partial charge < -0.3 is 26.6 Å². The highest BCUT2D eigenvalue weighted by Gasteiger charge is 2.25. The molecule has 0 fully saturated rings. The van der Waals surface area contributed by atoms with E-state index in [0.717, 1.165) is 11.8 Å². The summed E-state index contributed by atoms with van der Waals surface area (Å²) in [6.07, 6.45) is -0.433. The van der Waals surface area contributed by atoms with E-state index in [1.165, 1.54) is 6.92 Å². The van der Waals surface area contributed by atoms with Gasteiger partial charge >= 0.3 is 11.9 Å². The summed E-state index contributed by atoms with van der Waals surface area (Å²) in [6, 6.07) is -2.30. The second-order valence-electron chi connectivity index (χ2n) is 4.51. The molecule has 2 amide bonds. The first-order chi connectivity index (χ1) is 10.6. The highest BCUT2D eigenvalue weighted by Crippen LogP contribution is 2.05. The molecule has 0 radical (unpaired) electrons. The van der Waals surface area contributed by atoms with Crippen LogP contribution in [0.2, 0.25) is 0 Å². The molecule has 0 aromatic carbocycles. The van der Waals surface area contributed by atoms with Crippen molar-refractivity contribution < 1.29 is 34.2 Å². The molecule has 6 N–H and O–H groups in total. The standard InChI is InChI=1S/C12H19N3O7S/c1-6(16)23-5-8(12(22)14-4-10(19)20)15-11(21)7(13)2-3-9(17)18/h7-8H,2-5,13H2,1H3,(H,14,22)(H,15,21)(H,17,18)(H,19,20)/t7-,8-/m0/s1. The number of hydrogen-bond acceptors (Lipinski definition) is 7. The van der Waals surface area contributed by atoms with Gasteiger partial charge in [-0.2, -0.15) is 0 Å². The van der Waals surface area contributed by atoms with Gasteiger partial charge in [0.1, 0.15) is 12.6 Å². The minimum Gasteiger partial charge on any atom is -0.481 e. The zero-order valence-corrected chi connectivity index (χ0v) is 13.2. The first kappa shape index (κ1) is 20.9. The van der Waals surface area contributed by atoms with E-state index >= 15 is 0 Å². The topological polar surface area (TPSA) is 176 Å². The SMILES string of the molecule is CC(=O)SC[C@H](NC(=O)[C@@H](N)CCC(=O)O)C(=O)NCC(=O)O. The smallest absolute Gasteiger partial charge is 0.322 e. The van der Waals surface area contributed by atoms with E-state index < -0.39 is 42.4 Å². The van der Waals surface area contributed by atoms with Gasteiger partial charge in [0.2, 0.25) is 11.8 Å². The molecular weight excluding hydrogens is 330 g/mol. The molecule has 0 bridgehead atoms. The van der Waals surface area contributed by atoms with E-state index in [4.69, 9.17) is 15.9 Å². The maximum Gasteiger partial charge on any atom is 0.322 e. The predicted molar refractivity (Wildman–Crippen MR) is 80.6 cm³/mol. The van der Waals surface area contributed by atoms with Crippen LogP contribution in [0.25, 0.3) is 0 Å². The highest BCUT2D eigenvalue weighted by atomic mass is 32.2. The zero-order valence-electron chi connectivity index (χ0n) is 12.4. The summed E-state index contributed by atoms with van der Waals surface area (Å²) in [5.74, 6) is -4.01. The molecular formula is C12H19N3O7S. The van der Waals surface area contributed by atoms with Gasteiger partial charge in [0.15, 0.2) is 5.12 Å². The van der Waals surface area contributed by atoms with Crippen molar-refractivity contribution in [1.29, 1.82) is 0 Å². The van der Waals surface area contributed by atoms with Crippen LogP contribution in [0.15, 0.2) is 0 Å². The van der Waals surface area contributed by atoms with Crippen LogP contribution in [-0.4, -0.2) is 63.5 Å². The van der Waals surface area contributed by atoms with Crippen LogP contribution in [0.5, 0.6) is 0 Å². The summed E-state index contributed by atoms with van der Waals surface area (Å²) < 4.78 is 0. The van der Waals surface area contributed by atoms with E-state index in [0.29, 0.717) is 0 Å². The Balaban J connectivity index is 4.68. The molecule has 0 aromatic heterocycles. The van der Waals surface area contributed by atoms with Gasteiger partial charge in [0.05, 0.1) is 6.04 Å². The molecule has 23 heavy (non-hydrogen) atoms. The lowest BCUT2D eigenvalue weighted by molar-refractivity contribution is -0.138. The number of carboxylic acid groups (broad SMARTS) is 2. The van der Waals surface area contributed by atoms with Gasteiger partial charge in [-0.25, -0.2) is 0 Å². The summed E-state index contributed by atoms with van der Waals surface area (Å²) in [4.78, 5) is 55.5. The lowest BCUT2D eigenvalue weighted by atomic mass is 10.1. The van der Waals surface area contributed by atoms with Gasteiger partial charge in [0.25, 0.3) is 0 Å². The first-order valence-corrected chi connectivity index (χ1v) is 7.52. The van der Waals surface area contributed by atoms with Crippen molar-refractivity contribution in [2.24, 2.45) is 5.73 Å². The highest BCUT2D eigenvalue weighted by molar-refractivity contribution is 8.13. The van der Waals surface area contributed by atoms with Crippen molar-refractivity contribution in [2.75, 3.05) is 12.3 Å². The Morgan fingerprint density at radius 3 is 2.17 bits per heavy atom. The molecule has 0 spiro atoms. The molecule has 130 valence electrons. The Bertz CT molecular complexity index is 483. The summed E-state index contributed by atoms with van der Waals surface area (Å²) >= 11 is 0.777. The van der Waals surface area contributed by atoms with Crippen LogP contribution in [0, 0.1) is 0 Å². The summed E-state index contributed by atoms with van der Waals surface area (Å²) in [5.41, 5.74) is 5.52. The molecule has 0 saturated carbocycles. The lowest BCUT2D eigenvalue weighted by Gasteiger charge is -2.19. The number of carboxylic acids is 2. The van der Waals surface area contributed by atoms with Crippen LogP contribution >= 0.6 is 11.8 Å². The number of aliphatic carboxylic acids is 2. The molecule has 0 aliphatic carbocycles. The fraction of sp³-hybridized carbons (Fsp3) is 0.583. The molecule has 0 aromatic rings. The quantitative estimate of drug-likeness (QED) is 0.303. The van der Waals surface area contributed by atoms with Gasteiger partial charge in [-0.05, 0) is 6.42 Å². The van der Waals surface area contributed by atoms with Crippen LogP contribution in [0.3, 0.4) is 0 Å². The Labute approximate surface area is 136 Å². The zero-order chi connectivity index (χ0) is 18.0. The fourth-order valence-corrected chi connectivity index (χ4v) is 1.99. The Kier molecular flexibility index (Phi) is 9.58. The molecule has 0 unspecified atom stereocenters. The van der Waals surface area contributed by atoms with Crippen LogP contribution < -0.4 is 16.4 Å². The Hall–Kier alpha value is -2.14. The van der Waals surface area contributed by atoms with Crippen molar-refractivity contribution in [3.63, 3.8) is 0 Å². The van der Waals surface area contributed by atoms with Crippen molar-refractivity contribution >= 4 is 40.6 Å². The normalized spacial score (nSPS) is 12.8. The molecule has 0 aliphatic rings. The predicted octanol–water partition coefficient (Wildman–Crippen LogP) is -1.86.